The Bertz CT molecular complexity index is 574. The molecule has 0 unspecified atom stereocenters. The molecular formula is C12H10Cl2N2OS. The Hall–Kier alpha value is -0.680. The lowest BCUT2D eigenvalue weighted by atomic mass is 10.1. The molecule has 0 radical (unpaired) electrons. The van der Waals surface area contributed by atoms with E-state index >= 15 is 0 Å². The molecule has 3 nitrogen and oxygen atoms in total. The zero-order chi connectivity index (χ0) is 12.7. The van der Waals surface area contributed by atoms with Crippen LogP contribution in [0.5, 0.6) is 0 Å². The first-order chi connectivity index (χ1) is 8.65. The molecule has 1 aliphatic heterocycles. The first-order valence-electron chi connectivity index (χ1n) is 5.44. The second kappa shape index (κ2) is 4.78. The van der Waals surface area contributed by atoms with Crippen LogP contribution < -0.4 is 0 Å². The van der Waals surface area contributed by atoms with Gasteiger partial charge in [-0.05, 0) is 17.7 Å². The maximum atomic E-state index is 10.3. The van der Waals surface area contributed by atoms with Crippen LogP contribution >= 0.6 is 35.0 Å². The van der Waals surface area contributed by atoms with E-state index in [-0.39, 0.29) is 5.25 Å². The average molecular weight is 301 g/mol. The Balaban J connectivity index is 1.89. The van der Waals surface area contributed by atoms with Gasteiger partial charge in [-0.25, -0.2) is 4.98 Å². The standard InChI is InChI=1S/C12H10Cl2N2OS/c13-7-3-8-11(17)10(5-16-2-1-15-6-16)18-12(8)9(14)4-7/h1-4,6,10-11,17H,5H2/t10-,11-/m0/s1. The normalized spacial score (nSPS) is 22.2. The summed E-state index contributed by atoms with van der Waals surface area (Å²) in [7, 11) is 0. The van der Waals surface area contributed by atoms with E-state index in [1.807, 2.05) is 10.8 Å². The lowest BCUT2D eigenvalue weighted by Crippen LogP contribution is -2.16. The van der Waals surface area contributed by atoms with Crippen molar-refractivity contribution < 1.29 is 5.11 Å². The van der Waals surface area contributed by atoms with Crippen LogP contribution in [0.4, 0.5) is 0 Å². The van der Waals surface area contributed by atoms with E-state index in [0.717, 1.165) is 10.5 Å². The lowest BCUT2D eigenvalue weighted by Gasteiger charge is -2.14. The van der Waals surface area contributed by atoms with Crippen molar-refractivity contribution in [3.8, 4) is 0 Å². The summed E-state index contributed by atoms with van der Waals surface area (Å²) in [5, 5.41) is 11.5. The molecule has 2 heterocycles. The summed E-state index contributed by atoms with van der Waals surface area (Å²) in [6, 6.07) is 3.50. The highest BCUT2D eigenvalue weighted by Gasteiger charge is 2.33. The second-order valence-corrected chi connectivity index (χ2v) is 6.26. The number of imidazole rings is 1. The molecule has 94 valence electrons. The maximum Gasteiger partial charge on any atom is 0.0946 e. The van der Waals surface area contributed by atoms with E-state index in [4.69, 9.17) is 23.2 Å². The molecule has 2 atom stereocenters. The number of hydrogen-bond donors (Lipinski definition) is 1. The third kappa shape index (κ3) is 2.14. The van der Waals surface area contributed by atoms with Crippen molar-refractivity contribution in [2.45, 2.75) is 22.8 Å². The largest absolute Gasteiger partial charge is 0.387 e. The van der Waals surface area contributed by atoms with Crippen molar-refractivity contribution in [2.24, 2.45) is 0 Å². The van der Waals surface area contributed by atoms with Crippen LogP contribution in [0.1, 0.15) is 11.7 Å². The number of aliphatic hydroxyl groups excluding tert-OH is 1. The molecule has 6 heteroatoms. The maximum absolute atomic E-state index is 10.3. The summed E-state index contributed by atoms with van der Waals surface area (Å²) in [6.45, 7) is 0.689. The van der Waals surface area contributed by atoms with Crippen molar-refractivity contribution in [2.75, 3.05) is 0 Å². The van der Waals surface area contributed by atoms with Crippen LogP contribution in [0.15, 0.2) is 35.7 Å². The number of nitrogens with zero attached hydrogens (tertiary/aromatic N) is 2. The molecule has 0 saturated heterocycles. The van der Waals surface area contributed by atoms with Gasteiger partial charge in [-0.1, -0.05) is 23.2 Å². The fourth-order valence-electron chi connectivity index (χ4n) is 2.08. The number of fused-ring (bicyclic) bond motifs is 1. The molecule has 18 heavy (non-hydrogen) atoms. The van der Waals surface area contributed by atoms with Crippen LogP contribution in [0.25, 0.3) is 0 Å². The molecular weight excluding hydrogens is 291 g/mol. The summed E-state index contributed by atoms with van der Waals surface area (Å²) < 4.78 is 1.95. The number of hydrogen-bond acceptors (Lipinski definition) is 3. The Morgan fingerprint density at radius 3 is 2.94 bits per heavy atom. The van der Waals surface area contributed by atoms with Gasteiger partial charge in [0.15, 0.2) is 0 Å². The van der Waals surface area contributed by atoms with Gasteiger partial charge >= 0.3 is 0 Å². The quantitative estimate of drug-likeness (QED) is 0.924. The van der Waals surface area contributed by atoms with E-state index in [2.05, 4.69) is 4.98 Å². The fraction of sp³-hybridized carbons (Fsp3) is 0.250. The summed E-state index contributed by atoms with van der Waals surface area (Å²) >= 11 is 13.7. The van der Waals surface area contributed by atoms with Crippen molar-refractivity contribution in [1.29, 1.82) is 0 Å². The predicted octanol–water partition coefficient (Wildman–Crippen LogP) is 3.40. The molecule has 0 saturated carbocycles. The molecule has 0 aliphatic carbocycles. The van der Waals surface area contributed by atoms with Gasteiger partial charge in [0, 0.05) is 28.9 Å². The minimum Gasteiger partial charge on any atom is -0.387 e. The molecule has 1 aromatic heterocycles. The Morgan fingerprint density at radius 2 is 2.22 bits per heavy atom. The first kappa shape index (κ1) is 12.4. The molecule has 2 aromatic rings. The van der Waals surface area contributed by atoms with E-state index in [1.165, 1.54) is 0 Å². The van der Waals surface area contributed by atoms with Crippen LogP contribution in [-0.4, -0.2) is 19.9 Å². The summed E-state index contributed by atoms with van der Waals surface area (Å²) in [6.07, 6.45) is 4.79. The third-order valence-corrected chi connectivity index (χ3v) is 4.96. The zero-order valence-electron chi connectivity index (χ0n) is 9.25. The van der Waals surface area contributed by atoms with Gasteiger partial charge in [0.1, 0.15) is 0 Å². The smallest absolute Gasteiger partial charge is 0.0946 e. The minimum absolute atomic E-state index is 0.0326. The summed E-state index contributed by atoms with van der Waals surface area (Å²) in [5.41, 5.74) is 0.822. The van der Waals surface area contributed by atoms with Gasteiger partial charge in [0.2, 0.25) is 0 Å². The third-order valence-electron chi connectivity index (χ3n) is 2.93. The lowest BCUT2D eigenvalue weighted by molar-refractivity contribution is 0.170. The van der Waals surface area contributed by atoms with Crippen LogP contribution in [0, 0.1) is 0 Å². The van der Waals surface area contributed by atoms with Crippen molar-refractivity contribution in [3.05, 3.63) is 46.5 Å². The Kier molecular flexibility index (Phi) is 3.28. The molecule has 3 rings (SSSR count). The fourth-order valence-corrected chi connectivity index (χ4v) is 4.03. The molecule has 1 N–H and O–H groups in total. The number of benzene rings is 1. The topological polar surface area (TPSA) is 38.0 Å². The van der Waals surface area contributed by atoms with E-state index < -0.39 is 6.10 Å². The van der Waals surface area contributed by atoms with E-state index in [9.17, 15) is 5.11 Å². The van der Waals surface area contributed by atoms with E-state index in [1.54, 1.807) is 36.4 Å². The van der Waals surface area contributed by atoms with Crippen LogP contribution in [0.3, 0.4) is 0 Å². The average Bonchev–Trinajstić information content (AvgIpc) is 2.91. The predicted molar refractivity (Wildman–Crippen MR) is 73.3 cm³/mol. The van der Waals surface area contributed by atoms with Crippen LogP contribution in [-0.2, 0) is 6.54 Å². The van der Waals surface area contributed by atoms with Gasteiger partial charge < -0.3 is 9.67 Å². The number of aromatic nitrogens is 2. The van der Waals surface area contributed by atoms with Gasteiger partial charge in [0.05, 0.1) is 22.7 Å². The Labute approximate surface area is 119 Å². The van der Waals surface area contributed by atoms with Gasteiger partial charge in [-0.2, -0.15) is 0 Å². The van der Waals surface area contributed by atoms with Gasteiger partial charge in [-0.3, -0.25) is 0 Å². The SMILES string of the molecule is O[C@H]1c2cc(Cl)cc(Cl)c2S[C@H]1Cn1ccnc1. The molecule has 0 fully saturated rings. The molecule has 1 aromatic carbocycles. The van der Waals surface area contributed by atoms with Gasteiger partial charge in [-0.15, -0.1) is 11.8 Å². The van der Waals surface area contributed by atoms with Crippen LogP contribution in [0.2, 0.25) is 10.0 Å². The second-order valence-electron chi connectivity index (χ2n) is 4.17. The number of aliphatic hydroxyl groups is 1. The van der Waals surface area contributed by atoms with Crippen molar-refractivity contribution in [1.82, 2.24) is 9.55 Å². The monoisotopic (exact) mass is 300 g/mol. The van der Waals surface area contributed by atoms with E-state index in [0.29, 0.717) is 16.6 Å². The first-order valence-corrected chi connectivity index (χ1v) is 7.08. The highest BCUT2D eigenvalue weighted by atomic mass is 35.5. The Morgan fingerprint density at radius 1 is 1.39 bits per heavy atom. The molecule has 0 amide bonds. The number of thioether (sulfide) groups is 1. The highest BCUT2D eigenvalue weighted by molar-refractivity contribution is 8.00. The molecule has 0 bridgehead atoms. The number of halogens is 2. The zero-order valence-corrected chi connectivity index (χ0v) is 11.6. The molecule has 0 spiro atoms. The number of rotatable bonds is 2. The van der Waals surface area contributed by atoms with Gasteiger partial charge in [0.25, 0.3) is 0 Å². The highest BCUT2D eigenvalue weighted by Crippen LogP contribution is 2.49. The van der Waals surface area contributed by atoms with Crippen molar-refractivity contribution >= 4 is 35.0 Å². The summed E-state index contributed by atoms with van der Waals surface area (Å²) in [4.78, 5) is 4.92. The molecule has 1 aliphatic rings. The van der Waals surface area contributed by atoms with Crippen molar-refractivity contribution in [3.63, 3.8) is 0 Å². The summed E-state index contributed by atoms with van der Waals surface area (Å²) in [5.74, 6) is 0. The minimum atomic E-state index is -0.552.